The summed E-state index contributed by atoms with van der Waals surface area (Å²) in [5.41, 5.74) is -0.164. The maximum Gasteiger partial charge on any atom is 0.143 e. The zero-order valence-electron chi connectivity index (χ0n) is 8.66. The van der Waals surface area contributed by atoms with Crippen LogP contribution in [-0.4, -0.2) is 5.11 Å². The van der Waals surface area contributed by atoms with Gasteiger partial charge in [-0.3, -0.25) is 0 Å². The third-order valence-corrected chi connectivity index (χ3v) is 3.02. The largest absolute Gasteiger partial charge is 0.467 e. The highest BCUT2D eigenvalue weighted by atomic mass is 79.9. The van der Waals surface area contributed by atoms with Gasteiger partial charge in [0.2, 0.25) is 0 Å². The maximum absolute atomic E-state index is 13.6. The molecule has 90 valence electrons. The molecule has 0 radical (unpaired) electrons. The Morgan fingerprint density at radius 1 is 1.29 bits per heavy atom. The van der Waals surface area contributed by atoms with Gasteiger partial charge in [0.25, 0.3) is 0 Å². The van der Waals surface area contributed by atoms with E-state index in [1.54, 1.807) is 12.1 Å². The number of aliphatic hydroxyl groups is 1. The van der Waals surface area contributed by atoms with Gasteiger partial charge in [-0.1, -0.05) is 0 Å². The predicted molar refractivity (Wildman–Crippen MR) is 61.4 cm³/mol. The van der Waals surface area contributed by atoms with Crippen molar-refractivity contribution in [1.29, 1.82) is 0 Å². The van der Waals surface area contributed by atoms with Gasteiger partial charge in [-0.15, -0.1) is 0 Å². The van der Waals surface area contributed by atoms with Gasteiger partial charge < -0.3 is 9.52 Å². The number of rotatable bonds is 3. The Labute approximate surface area is 105 Å². The molecule has 1 unspecified atom stereocenters. The van der Waals surface area contributed by atoms with Crippen LogP contribution in [0.1, 0.15) is 17.4 Å². The molecule has 0 amide bonds. The Bertz CT molecular complexity index is 511. The molecule has 2 nitrogen and oxygen atoms in total. The first-order valence-corrected chi connectivity index (χ1v) is 5.72. The predicted octanol–water partition coefficient (Wildman–Crippen LogP) is 3.60. The molecule has 5 heteroatoms. The van der Waals surface area contributed by atoms with Gasteiger partial charge in [-0.05, 0) is 40.2 Å². The summed E-state index contributed by atoms with van der Waals surface area (Å²) in [5.74, 6) is -1.10. The summed E-state index contributed by atoms with van der Waals surface area (Å²) in [6.07, 6.45) is 0.153. The second-order valence-corrected chi connectivity index (χ2v) is 4.41. The molecular weight excluding hydrogens is 294 g/mol. The van der Waals surface area contributed by atoms with Crippen molar-refractivity contribution in [3.05, 3.63) is 58.0 Å². The molecular formula is C12H9BrF2O2. The van der Waals surface area contributed by atoms with E-state index in [0.717, 1.165) is 6.07 Å². The van der Waals surface area contributed by atoms with Crippen molar-refractivity contribution in [1.82, 2.24) is 0 Å². The highest BCUT2D eigenvalue weighted by Gasteiger charge is 2.18. The lowest BCUT2D eigenvalue weighted by Gasteiger charge is -2.10. The molecule has 0 aliphatic heterocycles. The van der Waals surface area contributed by atoms with Gasteiger partial charge in [0.05, 0.1) is 10.7 Å². The molecule has 0 saturated heterocycles. The third-order valence-electron chi connectivity index (χ3n) is 2.41. The van der Waals surface area contributed by atoms with Gasteiger partial charge in [0.1, 0.15) is 23.5 Å². The third kappa shape index (κ3) is 2.56. The van der Waals surface area contributed by atoms with Crippen molar-refractivity contribution in [3.8, 4) is 0 Å². The summed E-state index contributed by atoms with van der Waals surface area (Å²) in [6.45, 7) is 0. The van der Waals surface area contributed by atoms with Gasteiger partial charge in [0, 0.05) is 12.0 Å². The number of aliphatic hydroxyl groups excluding tert-OH is 1. The van der Waals surface area contributed by atoms with E-state index in [4.69, 9.17) is 4.42 Å². The number of halogens is 3. The Morgan fingerprint density at radius 3 is 2.71 bits per heavy atom. The summed E-state index contributed by atoms with van der Waals surface area (Å²) in [4.78, 5) is 0. The van der Waals surface area contributed by atoms with E-state index in [-0.39, 0.29) is 22.2 Å². The molecule has 0 fully saturated rings. The number of furan rings is 1. The average Bonchev–Trinajstić information content (AvgIpc) is 2.83. The molecule has 1 aromatic heterocycles. The molecule has 1 atom stereocenters. The second-order valence-electron chi connectivity index (χ2n) is 3.56. The fourth-order valence-electron chi connectivity index (χ4n) is 1.53. The highest BCUT2D eigenvalue weighted by molar-refractivity contribution is 9.10. The molecule has 1 aromatic carbocycles. The molecule has 0 saturated carbocycles. The highest BCUT2D eigenvalue weighted by Crippen LogP contribution is 2.26. The molecule has 1 N–H and O–H groups in total. The van der Waals surface area contributed by atoms with Gasteiger partial charge in [0.15, 0.2) is 0 Å². The fourth-order valence-corrected chi connectivity index (χ4v) is 1.90. The Kier molecular flexibility index (Phi) is 3.59. The van der Waals surface area contributed by atoms with Gasteiger partial charge >= 0.3 is 0 Å². The minimum absolute atomic E-state index is 0.164. The Balaban J connectivity index is 2.27. The van der Waals surface area contributed by atoms with Crippen LogP contribution in [0.3, 0.4) is 0 Å². The van der Waals surface area contributed by atoms with Crippen molar-refractivity contribution >= 4 is 15.9 Å². The molecule has 2 rings (SSSR count). The maximum atomic E-state index is 13.6. The van der Waals surface area contributed by atoms with E-state index in [2.05, 4.69) is 15.9 Å². The van der Waals surface area contributed by atoms with Crippen LogP contribution in [0.2, 0.25) is 0 Å². The van der Waals surface area contributed by atoms with Crippen molar-refractivity contribution in [2.24, 2.45) is 0 Å². The minimum atomic E-state index is -1.07. The van der Waals surface area contributed by atoms with Crippen molar-refractivity contribution in [2.45, 2.75) is 12.5 Å². The quantitative estimate of drug-likeness (QED) is 0.879. The van der Waals surface area contributed by atoms with Crippen molar-refractivity contribution < 1.29 is 18.3 Å². The molecule has 0 aliphatic carbocycles. The molecule has 0 aliphatic rings. The van der Waals surface area contributed by atoms with Crippen LogP contribution in [0.15, 0.2) is 39.4 Å². The first-order valence-electron chi connectivity index (χ1n) is 4.93. The van der Waals surface area contributed by atoms with Crippen LogP contribution in [0.5, 0.6) is 0 Å². The first kappa shape index (κ1) is 12.3. The van der Waals surface area contributed by atoms with Crippen LogP contribution in [0.4, 0.5) is 8.78 Å². The van der Waals surface area contributed by atoms with Crippen LogP contribution < -0.4 is 0 Å². The van der Waals surface area contributed by atoms with E-state index >= 15 is 0 Å². The van der Waals surface area contributed by atoms with Crippen molar-refractivity contribution in [2.75, 3.05) is 0 Å². The lowest BCUT2D eigenvalue weighted by atomic mass is 10.1. The summed E-state index contributed by atoms with van der Waals surface area (Å²) in [5, 5.41) is 9.76. The van der Waals surface area contributed by atoms with E-state index in [0.29, 0.717) is 0 Å². The standard InChI is InChI=1S/C12H9BrF2O2/c13-8-3-4-9(14)7(12(8)15)6-10(16)11-2-1-5-17-11/h1-5,10,16H,6H2. The number of hydrogen-bond donors (Lipinski definition) is 1. The molecule has 0 spiro atoms. The van der Waals surface area contributed by atoms with E-state index in [9.17, 15) is 13.9 Å². The lowest BCUT2D eigenvalue weighted by Crippen LogP contribution is -2.05. The normalized spacial score (nSPS) is 12.7. The van der Waals surface area contributed by atoms with E-state index in [1.165, 1.54) is 12.3 Å². The summed E-state index contributed by atoms with van der Waals surface area (Å²) < 4.78 is 32.2. The molecule has 17 heavy (non-hydrogen) atoms. The van der Waals surface area contributed by atoms with Crippen molar-refractivity contribution in [3.63, 3.8) is 0 Å². The molecule has 0 bridgehead atoms. The monoisotopic (exact) mass is 302 g/mol. The lowest BCUT2D eigenvalue weighted by molar-refractivity contribution is 0.148. The molecule has 1 heterocycles. The topological polar surface area (TPSA) is 33.4 Å². The van der Waals surface area contributed by atoms with E-state index < -0.39 is 17.7 Å². The molecule has 2 aromatic rings. The van der Waals surface area contributed by atoms with Gasteiger partial charge in [-0.25, -0.2) is 8.78 Å². The SMILES string of the molecule is OC(Cc1c(F)ccc(Br)c1F)c1ccco1. The first-order chi connectivity index (χ1) is 8.09. The summed E-state index contributed by atoms with van der Waals surface area (Å²) in [6, 6.07) is 5.59. The average molecular weight is 303 g/mol. The Morgan fingerprint density at radius 2 is 2.06 bits per heavy atom. The fraction of sp³-hybridized carbons (Fsp3) is 0.167. The van der Waals surface area contributed by atoms with Crippen LogP contribution in [0, 0.1) is 11.6 Å². The minimum Gasteiger partial charge on any atom is -0.467 e. The Hall–Kier alpha value is -1.20. The number of hydrogen-bond acceptors (Lipinski definition) is 2. The van der Waals surface area contributed by atoms with Crippen LogP contribution >= 0.6 is 15.9 Å². The second kappa shape index (κ2) is 4.98. The summed E-state index contributed by atoms with van der Waals surface area (Å²) in [7, 11) is 0. The smallest absolute Gasteiger partial charge is 0.143 e. The van der Waals surface area contributed by atoms with Crippen LogP contribution in [-0.2, 0) is 6.42 Å². The van der Waals surface area contributed by atoms with Gasteiger partial charge in [-0.2, -0.15) is 0 Å². The van der Waals surface area contributed by atoms with Crippen LogP contribution in [0.25, 0.3) is 0 Å². The summed E-state index contributed by atoms with van der Waals surface area (Å²) >= 11 is 2.97. The van der Waals surface area contributed by atoms with E-state index in [1.807, 2.05) is 0 Å². The zero-order chi connectivity index (χ0) is 12.4. The number of benzene rings is 1. The zero-order valence-corrected chi connectivity index (χ0v) is 10.2.